The summed E-state index contributed by atoms with van der Waals surface area (Å²) in [4.78, 5) is 23.9. The molecule has 0 amide bonds. The highest BCUT2D eigenvalue weighted by Gasteiger charge is 2.72. The Labute approximate surface area is 107 Å². The summed E-state index contributed by atoms with van der Waals surface area (Å²) in [5.74, 6) is -4.10. The molecular weight excluding hydrogens is 261 g/mol. The van der Waals surface area contributed by atoms with Gasteiger partial charge in [0.05, 0.1) is 7.11 Å². The van der Waals surface area contributed by atoms with Gasteiger partial charge in [-0.3, -0.25) is 9.59 Å². The van der Waals surface area contributed by atoms with Crippen molar-refractivity contribution in [2.75, 3.05) is 7.11 Å². The van der Waals surface area contributed by atoms with E-state index in [-0.39, 0.29) is 11.1 Å². The molecule has 0 aromatic heterocycles. The van der Waals surface area contributed by atoms with Gasteiger partial charge in [-0.05, 0) is 5.56 Å². The van der Waals surface area contributed by atoms with Gasteiger partial charge in [0.25, 0.3) is 0 Å². The summed E-state index contributed by atoms with van der Waals surface area (Å²) >= 11 is 0. The molecule has 1 aromatic carbocycles. The van der Waals surface area contributed by atoms with Crippen molar-refractivity contribution in [2.24, 2.45) is 5.41 Å². The molecule has 1 aliphatic rings. The molecule has 0 radical (unpaired) electrons. The smallest absolute Gasteiger partial charge is 0.412 e. The van der Waals surface area contributed by atoms with Crippen molar-refractivity contribution in [1.29, 1.82) is 0 Å². The van der Waals surface area contributed by atoms with E-state index in [1.807, 2.05) is 0 Å². The lowest BCUT2D eigenvalue weighted by atomic mass is 9.75. The van der Waals surface area contributed by atoms with Crippen molar-refractivity contribution in [3.8, 4) is 0 Å². The fourth-order valence-corrected chi connectivity index (χ4v) is 2.64. The number of benzene rings is 1. The normalized spacial score (nSPS) is 26.2. The van der Waals surface area contributed by atoms with E-state index in [1.165, 1.54) is 31.2 Å². The van der Waals surface area contributed by atoms with Gasteiger partial charge in [-0.25, -0.2) is 0 Å². The Morgan fingerprint density at radius 2 is 1.89 bits per heavy atom. The Morgan fingerprint density at radius 3 is 2.37 bits per heavy atom. The first-order valence-corrected chi connectivity index (χ1v) is 5.57. The number of ketones is 1. The number of rotatable bonds is 1. The zero-order valence-electron chi connectivity index (χ0n) is 10.2. The summed E-state index contributed by atoms with van der Waals surface area (Å²) in [6.45, 7) is 1.22. The van der Waals surface area contributed by atoms with Crippen molar-refractivity contribution in [2.45, 2.75) is 19.0 Å². The molecule has 1 aromatic rings. The zero-order chi connectivity index (χ0) is 14.4. The van der Waals surface area contributed by atoms with Gasteiger partial charge in [-0.15, -0.1) is 0 Å². The minimum absolute atomic E-state index is 0.0716. The highest BCUT2D eigenvalue weighted by Crippen LogP contribution is 2.56. The number of esters is 1. The van der Waals surface area contributed by atoms with Gasteiger partial charge >= 0.3 is 12.1 Å². The lowest BCUT2D eigenvalue weighted by Gasteiger charge is -2.31. The topological polar surface area (TPSA) is 43.4 Å². The van der Waals surface area contributed by atoms with Gasteiger partial charge in [-0.1, -0.05) is 31.2 Å². The zero-order valence-corrected chi connectivity index (χ0v) is 10.2. The summed E-state index contributed by atoms with van der Waals surface area (Å²) in [6, 6.07) is 5.72. The van der Waals surface area contributed by atoms with Gasteiger partial charge in [0, 0.05) is 11.5 Å². The standard InChI is InChI=1S/C13H11F3O3/c1-7-8-5-3-4-6-9(8)10(17)12(7,11(18)19-2)13(14,15)16/h3-7H,1-2H3. The van der Waals surface area contributed by atoms with Crippen LogP contribution in [0.5, 0.6) is 0 Å². The summed E-state index contributed by atoms with van der Waals surface area (Å²) < 4.78 is 44.4. The van der Waals surface area contributed by atoms with Crippen LogP contribution in [0.4, 0.5) is 13.2 Å². The molecule has 2 unspecified atom stereocenters. The average Bonchev–Trinajstić information content (AvgIpc) is 2.59. The van der Waals surface area contributed by atoms with Crippen molar-refractivity contribution in [3.05, 3.63) is 35.4 Å². The SMILES string of the molecule is COC(=O)C1(C(F)(F)F)C(=O)c2ccccc2C1C. The first-order chi connectivity index (χ1) is 8.78. The van der Waals surface area contributed by atoms with E-state index in [0.29, 0.717) is 0 Å². The maximum absolute atomic E-state index is 13.4. The predicted octanol–water partition coefficient (Wildman–Crippen LogP) is 2.71. The molecule has 0 bridgehead atoms. The van der Waals surface area contributed by atoms with E-state index in [2.05, 4.69) is 4.74 Å². The molecule has 2 atom stereocenters. The van der Waals surface area contributed by atoms with Crippen LogP contribution in [0.25, 0.3) is 0 Å². The number of Topliss-reactive ketones (excluding diaryl/α,β-unsaturated/α-hetero) is 1. The number of alkyl halides is 3. The predicted molar refractivity (Wildman–Crippen MR) is 59.7 cm³/mol. The number of hydrogen-bond donors (Lipinski definition) is 0. The van der Waals surface area contributed by atoms with Crippen molar-refractivity contribution in [1.82, 2.24) is 0 Å². The number of carbonyl (C=O) groups excluding carboxylic acids is 2. The molecule has 3 nitrogen and oxygen atoms in total. The summed E-state index contributed by atoms with van der Waals surface area (Å²) in [6.07, 6.45) is -5.00. The first-order valence-electron chi connectivity index (χ1n) is 5.57. The van der Waals surface area contributed by atoms with Crippen LogP contribution in [0.1, 0.15) is 28.8 Å². The molecule has 6 heteroatoms. The van der Waals surface area contributed by atoms with Crippen molar-refractivity contribution >= 4 is 11.8 Å². The van der Waals surface area contributed by atoms with Gasteiger partial charge in [-0.2, -0.15) is 13.2 Å². The number of methoxy groups -OCH3 is 1. The van der Waals surface area contributed by atoms with Crippen LogP contribution in [-0.2, 0) is 9.53 Å². The maximum Gasteiger partial charge on any atom is 0.412 e. The van der Waals surface area contributed by atoms with E-state index >= 15 is 0 Å². The molecular formula is C13H11F3O3. The Morgan fingerprint density at radius 1 is 1.32 bits per heavy atom. The molecule has 0 heterocycles. The van der Waals surface area contributed by atoms with Crippen molar-refractivity contribution < 1.29 is 27.5 Å². The molecule has 2 rings (SSSR count). The largest absolute Gasteiger partial charge is 0.468 e. The third-order valence-electron chi connectivity index (χ3n) is 3.63. The van der Waals surface area contributed by atoms with Crippen LogP contribution in [0.2, 0.25) is 0 Å². The van der Waals surface area contributed by atoms with Gasteiger partial charge in [0.1, 0.15) is 0 Å². The molecule has 102 valence electrons. The number of hydrogen-bond acceptors (Lipinski definition) is 3. The highest BCUT2D eigenvalue weighted by molar-refractivity contribution is 6.17. The van der Waals surface area contributed by atoms with E-state index in [9.17, 15) is 22.8 Å². The van der Waals surface area contributed by atoms with Gasteiger partial charge in [0.2, 0.25) is 5.41 Å². The number of fused-ring (bicyclic) bond motifs is 1. The van der Waals surface area contributed by atoms with E-state index in [4.69, 9.17) is 0 Å². The number of ether oxygens (including phenoxy) is 1. The minimum Gasteiger partial charge on any atom is -0.468 e. The summed E-state index contributed by atoms with van der Waals surface area (Å²) in [7, 11) is 0.846. The Bertz CT molecular complexity index is 550. The van der Waals surface area contributed by atoms with Gasteiger partial charge < -0.3 is 4.74 Å². The Kier molecular flexibility index (Phi) is 2.91. The van der Waals surface area contributed by atoms with Crippen LogP contribution in [0.15, 0.2) is 24.3 Å². The van der Waals surface area contributed by atoms with Crippen LogP contribution in [0.3, 0.4) is 0 Å². The molecule has 0 fully saturated rings. The van der Waals surface area contributed by atoms with E-state index in [0.717, 1.165) is 7.11 Å². The quantitative estimate of drug-likeness (QED) is 0.583. The highest BCUT2D eigenvalue weighted by atomic mass is 19.4. The molecule has 0 aliphatic heterocycles. The second-order valence-electron chi connectivity index (χ2n) is 4.44. The van der Waals surface area contributed by atoms with E-state index < -0.39 is 29.3 Å². The van der Waals surface area contributed by atoms with Crippen LogP contribution < -0.4 is 0 Å². The second-order valence-corrected chi connectivity index (χ2v) is 4.44. The molecule has 0 N–H and O–H groups in total. The third-order valence-corrected chi connectivity index (χ3v) is 3.63. The van der Waals surface area contributed by atoms with Crippen LogP contribution in [0, 0.1) is 5.41 Å². The minimum atomic E-state index is -5.00. The average molecular weight is 272 g/mol. The Hall–Kier alpha value is -1.85. The van der Waals surface area contributed by atoms with E-state index in [1.54, 1.807) is 0 Å². The lowest BCUT2D eigenvalue weighted by Crippen LogP contribution is -2.52. The second kappa shape index (κ2) is 4.08. The van der Waals surface area contributed by atoms with Crippen LogP contribution >= 0.6 is 0 Å². The fourth-order valence-electron chi connectivity index (χ4n) is 2.64. The number of halogens is 3. The van der Waals surface area contributed by atoms with Crippen molar-refractivity contribution in [3.63, 3.8) is 0 Å². The monoisotopic (exact) mass is 272 g/mol. The number of carbonyl (C=O) groups is 2. The third kappa shape index (κ3) is 1.52. The molecule has 0 saturated carbocycles. The Balaban J connectivity index is 2.73. The lowest BCUT2D eigenvalue weighted by molar-refractivity contribution is -0.220. The van der Waals surface area contributed by atoms with Gasteiger partial charge in [0.15, 0.2) is 5.78 Å². The maximum atomic E-state index is 13.4. The summed E-state index contributed by atoms with van der Waals surface area (Å²) in [5.41, 5.74) is -2.99. The van der Waals surface area contributed by atoms with Crippen LogP contribution in [-0.4, -0.2) is 25.0 Å². The molecule has 1 aliphatic carbocycles. The molecule has 0 spiro atoms. The molecule has 19 heavy (non-hydrogen) atoms. The summed E-state index contributed by atoms with van der Waals surface area (Å²) in [5, 5.41) is 0. The fraction of sp³-hybridized carbons (Fsp3) is 0.385. The first kappa shape index (κ1) is 13.6. The molecule has 0 saturated heterocycles.